The van der Waals surface area contributed by atoms with Gasteiger partial charge in [0.25, 0.3) is 5.91 Å². The summed E-state index contributed by atoms with van der Waals surface area (Å²) in [5.41, 5.74) is 1.54. The first-order valence-corrected chi connectivity index (χ1v) is 7.45. The minimum atomic E-state index is -0.720. The number of hydrogen-bond acceptors (Lipinski definition) is 4. The van der Waals surface area contributed by atoms with E-state index in [-0.39, 0.29) is 11.8 Å². The number of nitrogens with zero attached hydrogens (tertiary/aromatic N) is 1. The van der Waals surface area contributed by atoms with Gasteiger partial charge >= 0.3 is 0 Å². The van der Waals surface area contributed by atoms with Crippen LogP contribution in [0.3, 0.4) is 0 Å². The fraction of sp³-hybridized carbons (Fsp3) is 0.400. The molecule has 1 aliphatic heterocycles. The summed E-state index contributed by atoms with van der Waals surface area (Å²) in [6.45, 7) is 3.96. The van der Waals surface area contributed by atoms with Crippen LogP contribution in [0.25, 0.3) is 0 Å². The van der Waals surface area contributed by atoms with Gasteiger partial charge in [-0.3, -0.25) is 9.59 Å². The van der Waals surface area contributed by atoms with Crippen molar-refractivity contribution >= 4 is 29.1 Å². The van der Waals surface area contributed by atoms with Crippen LogP contribution in [-0.4, -0.2) is 36.2 Å². The first-order valence-electron chi connectivity index (χ1n) is 7.08. The van der Waals surface area contributed by atoms with Gasteiger partial charge in [0.15, 0.2) is 0 Å². The van der Waals surface area contributed by atoms with E-state index in [4.69, 9.17) is 16.4 Å². The SMILES string of the molecule is CCNC(=O)[C@H](C)NC(=O)[C@@H]1CC(c2ccc(Cl)cc2)=NO1. The van der Waals surface area contributed by atoms with Crippen LogP contribution in [0.1, 0.15) is 25.8 Å². The third kappa shape index (κ3) is 3.98. The first kappa shape index (κ1) is 16.3. The minimum absolute atomic E-state index is 0.229. The Kier molecular flexibility index (Phi) is 5.38. The van der Waals surface area contributed by atoms with Gasteiger partial charge in [0.05, 0.1) is 5.71 Å². The average Bonchev–Trinajstić information content (AvgIpc) is 2.98. The number of carbonyl (C=O) groups is 2. The van der Waals surface area contributed by atoms with E-state index >= 15 is 0 Å². The molecule has 7 heteroatoms. The van der Waals surface area contributed by atoms with Gasteiger partial charge in [-0.25, -0.2) is 0 Å². The van der Waals surface area contributed by atoms with Gasteiger partial charge in [-0.1, -0.05) is 28.9 Å². The number of amides is 2. The molecular weight excluding hydrogens is 306 g/mol. The number of oxime groups is 1. The summed E-state index contributed by atoms with van der Waals surface area (Å²) in [5.74, 6) is -0.584. The molecule has 2 rings (SSSR count). The molecule has 1 aromatic rings. The first-order chi connectivity index (χ1) is 10.5. The second-order valence-electron chi connectivity index (χ2n) is 4.97. The number of benzene rings is 1. The molecule has 1 heterocycles. The lowest BCUT2D eigenvalue weighted by Gasteiger charge is -2.15. The summed E-state index contributed by atoms with van der Waals surface area (Å²) in [5, 5.41) is 9.83. The van der Waals surface area contributed by atoms with Gasteiger partial charge in [-0.2, -0.15) is 0 Å². The predicted molar refractivity (Wildman–Crippen MR) is 83.8 cm³/mol. The third-order valence-corrected chi connectivity index (χ3v) is 3.49. The van der Waals surface area contributed by atoms with Gasteiger partial charge in [0, 0.05) is 18.0 Å². The number of carbonyl (C=O) groups excluding carboxylic acids is 2. The third-order valence-electron chi connectivity index (χ3n) is 3.24. The maximum absolute atomic E-state index is 12.1. The standard InChI is InChI=1S/C15H18ClN3O3/c1-3-17-14(20)9(2)18-15(21)13-8-12(19-22-13)10-4-6-11(16)7-5-10/h4-7,9,13H,3,8H2,1-2H3,(H,17,20)(H,18,21)/t9-,13-/m0/s1. The van der Waals surface area contributed by atoms with Gasteiger partial charge < -0.3 is 15.5 Å². The molecule has 0 saturated heterocycles. The zero-order valence-corrected chi connectivity index (χ0v) is 13.2. The van der Waals surface area contributed by atoms with E-state index < -0.39 is 12.1 Å². The Balaban J connectivity index is 1.90. The maximum atomic E-state index is 12.1. The second-order valence-corrected chi connectivity index (χ2v) is 5.40. The summed E-state index contributed by atoms with van der Waals surface area (Å²) in [6, 6.07) is 6.54. The number of likely N-dealkylation sites (N-methyl/N-ethyl adjacent to an activating group) is 1. The van der Waals surface area contributed by atoms with Gasteiger partial charge in [0.2, 0.25) is 12.0 Å². The molecule has 118 valence electrons. The molecule has 0 spiro atoms. The topological polar surface area (TPSA) is 79.8 Å². The Hall–Kier alpha value is -2.08. The highest BCUT2D eigenvalue weighted by molar-refractivity contribution is 6.30. The van der Waals surface area contributed by atoms with Crippen molar-refractivity contribution in [3.63, 3.8) is 0 Å². The summed E-state index contributed by atoms with van der Waals surface area (Å²) in [4.78, 5) is 28.9. The van der Waals surface area contributed by atoms with E-state index in [1.165, 1.54) is 0 Å². The van der Waals surface area contributed by atoms with E-state index in [0.29, 0.717) is 23.7 Å². The summed E-state index contributed by atoms with van der Waals surface area (Å²) < 4.78 is 0. The Morgan fingerprint density at radius 3 is 2.73 bits per heavy atom. The Bertz CT molecular complexity index is 586. The minimum Gasteiger partial charge on any atom is -0.382 e. The van der Waals surface area contributed by atoms with Crippen LogP contribution in [0.15, 0.2) is 29.4 Å². The molecule has 2 amide bonds. The van der Waals surface area contributed by atoms with Crippen molar-refractivity contribution in [1.29, 1.82) is 0 Å². The molecule has 0 unspecified atom stereocenters. The van der Waals surface area contributed by atoms with Crippen LogP contribution < -0.4 is 10.6 Å². The van der Waals surface area contributed by atoms with Crippen molar-refractivity contribution in [2.24, 2.45) is 5.16 Å². The maximum Gasteiger partial charge on any atom is 0.264 e. The zero-order valence-electron chi connectivity index (χ0n) is 12.4. The van der Waals surface area contributed by atoms with Crippen LogP contribution in [0, 0.1) is 0 Å². The van der Waals surface area contributed by atoms with Crippen molar-refractivity contribution < 1.29 is 14.4 Å². The second kappa shape index (κ2) is 7.26. The molecule has 6 nitrogen and oxygen atoms in total. The van der Waals surface area contributed by atoms with E-state index in [1.54, 1.807) is 19.1 Å². The fourth-order valence-electron chi connectivity index (χ4n) is 2.03. The van der Waals surface area contributed by atoms with Crippen LogP contribution >= 0.6 is 11.6 Å². The van der Waals surface area contributed by atoms with Crippen LogP contribution in [0.5, 0.6) is 0 Å². The number of hydrogen-bond donors (Lipinski definition) is 2. The summed E-state index contributed by atoms with van der Waals surface area (Å²) >= 11 is 5.84. The number of nitrogens with one attached hydrogen (secondary N) is 2. The van der Waals surface area contributed by atoms with E-state index in [2.05, 4.69) is 15.8 Å². The Morgan fingerprint density at radius 1 is 1.41 bits per heavy atom. The average molecular weight is 324 g/mol. The zero-order chi connectivity index (χ0) is 16.1. The molecule has 0 bridgehead atoms. The van der Waals surface area contributed by atoms with Crippen molar-refractivity contribution in [2.75, 3.05) is 6.54 Å². The molecule has 2 atom stereocenters. The highest BCUT2D eigenvalue weighted by Gasteiger charge is 2.30. The lowest BCUT2D eigenvalue weighted by molar-refractivity contribution is -0.135. The largest absolute Gasteiger partial charge is 0.382 e. The molecule has 0 fully saturated rings. The predicted octanol–water partition coefficient (Wildman–Crippen LogP) is 1.47. The van der Waals surface area contributed by atoms with Crippen LogP contribution in [0.4, 0.5) is 0 Å². The van der Waals surface area contributed by atoms with Gasteiger partial charge in [-0.05, 0) is 31.5 Å². The molecule has 22 heavy (non-hydrogen) atoms. The molecule has 0 radical (unpaired) electrons. The molecular formula is C15H18ClN3O3. The molecule has 2 N–H and O–H groups in total. The summed E-state index contributed by atoms with van der Waals surface area (Å²) in [6.07, 6.45) is -0.363. The monoisotopic (exact) mass is 323 g/mol. The van der Waals surface area contributed by atoms with E-state index in [0.717, 1.165) is 5.56 Å². The highest BCUT2D eigenvalue weighted by Crippen LogP contribution is 2.18. The molecule has 1 aromatic carbocycles. The van der Waals surface area contributed by atoms with Crippen molar-refractivity contribution in [3.8, 4) is 0 Å². The molecule has 0 saturated carbocycles. The lowest BCUT2D eigenvalue weighted by Crippen LogP contribution is -2.48. The normalized spacial score (nSPS) is 18.1. The van der Waals surface area contributed by atoms with Crippen LogP contribution in [-0.2, 0) is 14.4 Å². The van der Waals surface area contributed by atoms with Crippen molar-refractivity contribution in [2.45, 2.75) is 32.4 Å². The van der Waals surface area contributed by atoms with E-state index in [9.17, 15) is 9.59 Å². The van der Waals surface area contributed by atoms with Gasteiger partial charge in [0.1, 0.15) is 6.04 Å². The molecule has 1 aliphatic rings. The van der Waals surface area contributed by atoms with Crippen LogP contribution in [0.2, 0.25) is 5.02 Å². The smallest absolute Gasteiger partial charge is 0.264 e. The highest BCUT2D eigenvalue weighted by atomic mass is 35.5. The fourth-order valence-corrected chi connectivity index (χ4v) is 2.16. The lowest BCUT2D eigenvalue weighted by atomic mass is 10.0. The molecule has 0 aromatic heterocycles. The van der Waals surface area contributed by atoms with E-state index in [1.807, 2.05) is 19.1 Å². The van der Waals surface area contributed by atoms with Crippen molar-refractivity contribution in [1.82, 2.24) is 10.6 Å². The quantitative estimate of drug-likeness (QED) is 0.861. The number of rotatable bonds is 5. The molecule has 0 aliphatic carbocycles. The number of halogens is 1. The summed E-state index contributed by atoms with van der Waals surface area (Å²) in [7, 11) is 0. The Labute approximate surface area is 133 Å². The Morgan fingerprint density at radius 2 is 2.09 bits per heavy atom. The van der Waals surface area contributed by atoms with Gasteiger partial charge in [-0.15, -0.1) is 0 Å². The van der Waals surface area contributed by atoms with Crippen molar-refractivity contribution in [3.05, 3.63) is 34.9 Å².